The van der Waals surface area contributed by atoms with Crippen LogP contribution in [0.1, 0.15) is 26.1 Å². The topological polar surface area (TPSA) is 64.1 Å². The Labute approximate surface area is 101 Å². The minimum atomic E-state index is -0.0131. The number of hydrogen-bond acceptors (Lipinski definition) is 4. The van der Waals surface area contributed by atoms with E-state index in [1.54, 1.807) is 12.4 Å². The summed E-state index contributed by atoms with van der Waals surface area (Å²) >= 11 is 0. The van der Waals surface area contributed by atoms with Crippen molar-refractivity contribution in [3.63, 3.8) is 0 Å². The van der Waals surface area contributed by atoms with E-state index in [1.807, 2.05) is 13.8 Å². The fourth-order valence-electron chi connectivity index (χ4n) is 1.68. The van der Waals surface area contributed by atoms with Crippen LogP contribution in [0.4, 0.5) is 5.69 Å². The fraction of sp³-hybridized carbons (Fsp3) is 0.583. The van der Waals surface area contributed by atoms with E-state index in [4.69, 9.17) is 4.74 Å². The van der Waals surface area contributed by atoms with Crippen LogP contribution >= 0.6 is 0 Å². The van der Waals surface area contributed by atoms with Crippen molar-refractivity contribution in [3.05, 3.63) is 18.2 Å². The Morgan fingerprint density at radius 1 is 1.47 bits per heavy atom. The molecule has 1 aliphatic rings. The number of ether oxygens (including phenoxy) is 1. The molecule has 2 atom stereocenters. The normalized spacial score (nSPS) is 22.2. The van der Waals surface area contributed by atoms with Crippen molar-refractivity contribution >= 4 is 11.6 Å². The summed E-state index contributed by atoms with van der Waals surface area (Å²) in [4.78, 5) is 20.0. The first-order valence-electron chi connectivity index (χ1n) is 5.98. The molecular formula is C12H17N3O2. The monoisotopic (exact) mass is 235 g/mol. The molecule has 1 aromatic rings. The standard InChI is InChI=1S/C12H17N3O2/c1-3-11-13-6-8(7-14-11)15-12(16)9-5-10(9)17-4-2/h6-7,9-10H,3-5H2,1-2H3,(H,15,16). The van der Waals surface area contributed by atoms with Crippen molar-refractivity contribution in [3.8, 4) is 0 Å². The first kappa shape index (κ1) is 12.0. The summed E-state index contributed by atoms with van der Waals surface area (Å²) in [6.07, 6.45) is 4.98. The Bertz CT molecular complexity index is 391. The van der Waals surface area contributed by atoms with Gasteiger partial charge in [-0.2, -0.15) is 0 Å². The van der Waals surface area contributed by atoms with Gasteiger partial charge in [0.2, 0.25) is 5.91 Å². The maximum atomic E-state index is 11.8. The van der Waals surface area contributed by atoms with Crippen LogP contribution < -0.4 is 5.32 Å². The molecule has 0 aliphatic heterocycles. The molecule has 0 aromatic carbocycles. The van der Waals surface area contributed by atoms with Crippen molar-refractivity contribution in [2.45, 2.75) is 32.8 Å². The third kappa shape index (κ3) is 3.00. The Balaban J connectivity index is 1.86. The van der Waals surface area contributed by atoms with Gasteiger partial charge in [-0.3, -0.25) is 4.79 Å². The summed E-state index contributed by atoms with van der Waals surface area (Å²) in [5.74, 6) is 0.763. The van der Waals surface area contributed by atoms with Gasteiger partial charge in [-0.15, -0.1) is 0 Å². The number of anilines is 1. The van der Waals surface area contributed by atoms with Crippen molar-refractivity contribution in [2.75, 3.05) is 11.9 Å². The van der Waals surface area contributed by atoms with Crippen LogP contribution in [0.2, 0.25) is 0 Å². The van der Waals surface area contributed by atoms with Crippen molar-refractivity contribution in [2.24, 2.45) is 5.92 Å². The zero-order valence-corrected chi connectivity index (χ0v) is 10.1. The first-order valence-corrected chi connectivity index (χ1v) is 5.98. The second-order valence-electron chi connectivity index (χ2n) is 4.07. The molecule has 17 heavy (non-hydrogen) atoms. The van der Waals surface area contributed by atoms with Gasteiger partial charge in [-0.1, -0.05) is 6.92 Å². The molecule has 1 amide bonds. The van der Waals surface area contributed by atoms with E-state index in [2.05, 4.69) is 15.3 Å². The summed E-state index contributed by atoms with van der Waals surface area (Å²) in [5.41, 5.74) is 0.648. The van der Waals surface area contributed by atoms with Crippen LogP contribution in [0.3, 0.4) is 0 Å². The molecule has 1 N–H and O–H groups in total. The Kier molecular flexibility index (Phi) is 3.68. The van der Waals surface area contributed by atoms with Crippen LogP contribution in [0.25, 0.3) is 0 Å². The number of amides is 1. The maximum absolute atomic E-state index is 11.8. The van der Waals surface area contributed by atoms with Crippen molar-refractivity contribution in [1.82, 2.24) is 9.97 Å². The van der Waals surface area contributed by atoms with Crippen molar-refractivity contribution < 1.29 is 9.53 Å². The van der Waals surface area contributed by atoms with Gasteiger partial charge in [0.15, 0.2) is 0 Å². The predicted octanol–water partition coefficient (Wildman–Crippen LogP) is 1.40. The number of rotatable bonds is 5. The molecule has 0 saturated heterocycles. The largest absolute Gasteiger partial charge is 0.378 e. The lowest BCUT2D eigenvalue weighted by Gasteiger charge is -2.04. The molecule has 2 rings (SSSR count). The number of aromatic nitrogens is 2. The number of nitrogens with one attached hydrogen (secondary N) is 1. The highest BCUT2D eigenvalue weighted by atomic mass is 16.5. The van der Waals surface area contributed by atoms with Crippen LogP contribution in [-0.4, -0.2) is 28.6 Å². The van der Waals surface area contributed by atoms with Gasteiger partial charge in [-0.05, 0) is 13.3 Å². The minimum absolute atomic E-state index is 0.00343. The second-order valence-corrected chi connectivity index (χ2v) is 4.07. The molecule has 1 heterocycles. The van der Waals surface area contributed by atoms with Crippen LogP contribution in [-0.2, 0) is 16.0 Å². The third-order valence-corrected chi connectivity index (χ3v) is 2.74. The molecule has 0 bridgehead atoms. The van der Waals surface area contributed by atoms with E-state index in [9.17, 15) is 4.79 Å². The molecule has 0 radical (unpaired) electrons. The van der Waals surface area contributed by atoms with E-state index in [-0.39, 0.29) is 17.9 Å². The average molecular weight is 235 g/mol. The van der Waals surface area contributed by atoms with Gasteiger partial charge in [0.1, 0.15) is 5.82 Å². The van der Waals surface area contributed by atoms with Gasteiger partial charge >= 0.3 is 0 Å². The summed E-state index contributed by atoms with van der Waals surface area (Å²) in [6.45, 7) is 4.58. The Morgan fingerprint density at radius 3 is 2.76 bits per heavy atom. The lowest BCUT2D eigenvalue weighted by atomic mass is 10.3. The maximum Gasteiger partial charge on any atom is 0.230 e. The molecule has 92 valence electrons. The fourth-order valence-corrected chi connectivity index (χ4v) is 1.68. The molecule has 1 aromatic heterocycles. The zero-order chi connectivity index (χ0) is 12.3. The minimum Gasteiger partial charge on any atom is -0.378 e. The smallest absolute Gasteiger partial charge is 0.230 e. The highest BCUT2D eigenvalue weighted by Gasteiger charge is 2.43. The second kappa shape index (κ2) is 5.23. The summed E-state index contributed by atoms with van der Waals surface area (Å²) < 4.78 is 5.37. The van der Waals surface area contributed by atoms with Crippen molar-refractivity contribution in [1.29, 1.82) is 0 Å². The molecule has 1 saturated carbocycles. The molecule has 5 nitrogen and oxygen atoms in total. The number of carbonyl (C=O) groups excluding carboxylic acids is 1. The average Bonchev–Trinajstić information content (AvgIpc) is 3.10. The van der Waals surface area contributed by atoms with Gasteiger partial charge in [0.25, 0.3) is 0 Å². The van der Waals surface area contributed by atoms with E-state index in [1.165, 1.54) is 0 Å². The highest BCUT2D eigenvalue weighted by Crippen LogP contribution is 2.34. The van der Waals surface area contributed by atoms with E-state index in [0.29, 0.717) is 12.3 Å². The van der Waals surface area contributed by atoms with Gasteiger partial charge in [0.05, 0.1) is 30.1 Å². The Morgan fingerprint density at radius 2 is 2.18 bits per heavy atom. The van der Waals surface area contributed by atoms with E-state index < -0.39 is 0 Å². The van der Waals surface area contributed by atoms with E-state index in [0.717, 1.165) is 18.7 Å². The van der Waals surface area contributed by atoms with Crippen LogP contribution in [0, 0.1) is 5.92 Å². The number of hydrogen-bond donors (Lipinski definition) is 1. The van der Waals surface area contributed by atoms with Gasteiger partial charge in [0, 0.05) is 13.0 Å². The number of aryl methyl sites for hydroxylation is 1. The summed E-state index contributed by atoms with van der Waals surface area (Å²) in [5, 5.41) is 2.80. The molecular weight excluding hydrogens is 218 g/mol. The third-order valence-electron chi connectivity index (χ3n) is 2.74. The SMILES string of the molecule is CCOC1CC1C(=O)Nc1cnc(CC)nc1. The van der Waals surface area contributed by atoms with Crippen LogP contribution in [0.5, 0.6) is 0 Å². The van der Waals surface area contributed by atoms with Crippen LogP contribution in [0.15, 0.2) is 12.4 Å². The van der Waals surface area contributed by atoms with Gasteiger partial charge < -0.3 is 10.1 Å². The Hall–Kier alpha value is -1.49. The molecule has 2 unspecified atom stereocenters. The lowest BCUT2D eigenvalue weighted by Crippen LogP contribution is -2.17. The van der Waals surface area contributed by atoms with E-state index >= 15 is 0 Å². The predicted molar refractivity (Wildman–Crippen MR) is 63.6 cm³/mol. The summed E-state index contributed by atoms with van der Waals surface area (Å²) in [6, 6.07) is 0. The number of carbonyl (C=O) groups is 1. The molecule has 1 aliphatic carbocycles. The number of nitrogens with zero attached hydrogens (tertiary/aromatic N) is 2. The quantitative estimate of drug-likeness (QED) is 0.838. The first-order chi connectivity index (χ1) is 8.24. The molecule has 0 spiro atoms. The van der Waals surface area contributed by atoms with Gasteiger partial charge in [-0.25, -0.2) is 9.97 Å². The molecule has 1 fully saturated rings. The zero-order valence-electron chi connectivity index (χ0n) is 10.1. The summed E-state index contributed by atoms with van der Waals surface area (Å²) in [7, 11) is 0. The highest BCUT2D eigenvalue weighted by molar-refractivity contribution is 5.94. The lowest BCUT2D eigenvalue weighted by molar-refractivity contribution is -0.118. The molecule has 5 heteroatoms.